The van der Waals surface area contributed by atoms with E-state index in [0.717, 1.165) is 24.1 Å². The van der Waals surface area contributed by atoms with E-state index in [1.165, 1.54) is 12.1 Å². The maximum Gasteiger partial charge on any atom is 0.307 e. The normalized spacial score (nSPS) is 11.0. The van der Waals surface area contributed by atoms with Crippen molar-refractivity contribution in [1.29, 1.82) is 0 Å². The number of aliphatic carboxylic acids is 1. The minimum atomic E-state index is -1.04. The molecule has 2 rings (SSSR count). The van der Waals surface area contributed by atoms with Crippen LogP contribution in [0.2, 0.25) is 10.0 Å². The minimum absolute atomic E-state index is 0.196. The fourth-order valence-corrected chi connectivity index (χ4v) is 2.92. The molecule has 2 aromatic carbocycles. The van der Waals surface area contributed by atoms with Crippen LogP contribution in [0.5, 0.6) is 0 Å². The van der Waals surface area contributed by atoms with Crippen molar-refractivity contribution < 1.29 is 14.3 Å². The van der Waals surface area contributed by atoms with Crippen LogP contribution in [-0.2, 0) is 24.2 Å². The smallest absolute Gasteiger partial charge is 0.307 e. The topological polar surface area (TPSA) is 40.5 Å². The Morgan fingerprint density at radius 1 is 1.17 bits per heavy atom. The second kappa shape index (κ2) is 8.47. The van der Waals surface area contributed by atoms with Gasteiger partial charge in [-0.1, -0.05) is 41.4 Å². The number of hydrogen-bond donors (Lipinski definition) is 1. The van der Waals surface area contributed by atoms with E-state index in [9.17, 15) is 9.18 Å². The lowest BCUT2D eigenvalue weighted by molar-refractivity contribution is -0.136. The van der Waals surface area contributed by atoms with Gasteiger partial charge >= 0.3 is 5.97 Å². The van der Waals surface area contributed by atoms with Crippen LogP contribution in [0.25, 0.3) is 0 Å². The first-order valence-electron chi connectivity index (χ1n) is 7.46. The van der Waals surface area contributed by atoms with Crippen molar-refractivity contribution in [1.82, 2.24) is 4.90 Å². The van der Waals surface area contributed by atoms with Crippen LogP contribution in [0.15, 0.2) is 36.4 Å². The molecule has 2 aromatic rings. The van der Waals surface area contributed by atoms with Gasteiger partial charge in [-0.15, -0.1) is 0 Å². The second-order valence-corrected chi connectivity index (χ2v) is 6.56. The highest BCUT2D eigenvalue weighted by atomic mass is 35.5. The van der Waals surface area contributed by atoms with Gasteiger partial charge in [0.25, 0.3) is 0 Å². The molecule has 1 N–H and O–H groups in total. The van der Waals surface area contributed by atoms with Crippen molar-refractivity contribution in [3.05, 3.63) is 69.0 Å². The molecule has 0 unspecified atom stereocenters. The second-order valence-electron chi connectivity index (χ2n) is 5.72. The molecule has 24 heavy (non-hydrogen) atoms. The van der Waals surface area contributed by atoms with Crippen molar-refractivity contribution in [3.63, 3.8) is 0 Å². The molecule has 0 saturated carbocycles. The quantitative estimate of drug-likeness (QED) is 0.784. The SMILES string of the molecule is CN(CCc1ccc(Cl)cc1Cl)Cc1ccc(CC(=O)O)c(F)c1. The van der Waals surface area contributed by atoms with E-state index in [-0.39, 0.29) is 12.0 Å². The summed E-state index contributed by atoms with van der Waals surface area (Å²) in [5, 5.41) is 9.97. The lowest BCUT2D eigenvalue weighted by Gasteiger charge is -2.17. The average Bonchev–Trinajstić information content (AvgIpc) is 2.49. The summed E-state index contributed by atoms with van der Waals surface area (Å²) < 4.78 is 13.9. The number of halogens is 3. The zero-order chi connectivity index (χ0) is 17.7. The molecule has 6 heteroatoms. The van der Waals surface area contributed by atoms with Gasteiger partial charge in [0.05, 0.1) is 6.42 Å². The molecule has 0 aliphatic carbocycles. The Morgan fingerprint density at radius 2 is 1.88 bits per heavy atom. The van der Waals surface area contributed by atoms with Gasteiger partial charge in [-0.3, -0.25) is 4.79 Å². The van der Waals surface area contributed by atoms with Crippen LogP contribution < -0.4 is 0 Å². The number of carboxylic acids is 1. The summed E-state index contributed by atoms with van der Waals surface area (Å²) in [4.78, 5) is 12.7. The van der Waals surface area contributed by atoms with E-state index in [2.05, 4.69) is 4.90 Å². The third-order valence-electron chi connectivity index (χ3n) is 3.69. The van der Waals surface area contributed by atoms with E-state index in [4.69, 9.17) is 28.3 Å². The highest BCUT2D eigenvalue weighted by Crippen LogP contribution is 2.21. The Morgan fingerprint density at radius 3 is 2.50 bits per heavy atom. The van der Waals surface area contributed by atoms with Gasteiger partial charge in [0.2, 0.25) is 0 Å². The molecule has 0 fully saturated rings. The number of hydrogen-bond acceptors (Lipinski definition) is 2. The van der Waals surface area contributed by atoms with Crippen LogP contribution in [0.3, 0.4) is 0 Å². The van der Waals surface area contributed by atoms with E-state index < -0.39 is 11.8 Å². The molecule has 0 amide bonds. The summed E-state index contributed by atoms with van der Waals surface area (Å²) in [7, 11) is 1.94. The molecule has 0 saturated heterocycles. The zero-order valence-electron chi connectivity index (χ0n) is 13.2. The van der Waals surface area contributed by atoms with Crippen LogP contribution in [0.1, 0.15) is 16.7 Å². The van der Waals surface area contributed by atoms with E-state index in [1.807, 2.05) is 13.1 Å². The Hall–Kier alpha value is -1.62. The number of benzene rings is 2. The maximum absolute atomic E-state index is 13.9. The van der Waals surface area contributed by atoms with Gasteiger partial charge in [0.1, 0.15) is 5.82 Å². The number of nitrogens with zero attached hydrogens (tertiary/aromatic N) is 1. The van der Waals surface area contributed by atoms with Crippen molar-refractivity contribution in [2.75, 3.05) is 13.6 Å². The van der Waals surface area contributed by atoms with Crippen molar-refractivity contribution in [2.45, 2.75) is 19.4 Å². The highest BCUT2D eigenvalue weighted by molar-refractivity contribution is 6.35. The predicted octanol–water partition coefficient (Wildman–Crippen LogP) is 4.43. The molecule has 0 heterocycles. The number of likely N-dealkylation sites (N-methyl/N-ethyl adjacent to an activating group) is 1. The molecule has 0 aromatic heterocycles. The highest BCUT2D eigenvalue weighted by Gasteiger charge is 2.09. The Balaban J connectivity index is 1.93. The van der Waals surface area contributed by atoms with Crippen molar-refractivity contribution in [3.8, 4) is 0 Å². The third kappa shape index (κ3) is 5.48. The standard InChI is InChI=1S/C18H18Cl2FNO2/c1-22(7-6-13-4-5-15(19)10-16(13)20)11-12-2-3-14(9-18(23)24)17(21)8-12/h2-5,8,10H,6-7,9,11H2,1H3,(H,23,24). The van der Waals surface area contributed by atoms with Crippen LogP contribution >= 0.6 is 23.2 Å². The van der Waals surface area contributed by atoms with Crippen LogP contribution in [0.4, 0.5) is 4.39 Å². The average molecular weight is 370 g/mol. The van der Waals surface area contributed by atoms with Gasteiger partial charge in [-0.25, -0.2) is 4.39 Å². The first-order valence-corrected chi connectivity index (χ1v) is 8.22. The summed E-state index contributed by atoms with van der Waals surface area (Å²) >= 11 is 12.0. The molecule has 128 valence electrons. The third-order valence-corrected chi connectivity index (χ3v) is 4.28. The van der Waals surface area contributed by atoms with Gasteiger partial charge in [-0.05, 0) is 48.4 Å². The van der Waals surface area contributed by atoms with Crippen molar-refractivity contribution >= 4 is 29.2 Å². The number of carboxylic acid groups (broad SMARTS) is 1. The van der Waals surface area contributed by atoms with Crippen LogP contribution in [-0.4, -0.2) is 29.6 Å². The summed E-state index contributed by atoms with van der Waals surface area (Å²) in [6, 6.07) is 10.1. The molecule has 0 aliphatic rings. The summed E-state index contributed by atoms with van der Waals surface area (Å²) in [6.07, 6.45) is 0.448. The Kier molecular flexibility index (Phi) is 6.60. The van der Waals surface area contributed by atoms with Gasteiger partial charge < -0.3 is 10.0 Å². The minimum Gasteiger partial charge on any atom is -0.481 e. The summed E-state index contributed by atoms with van der Waals surface area (Å²) in [5.74, 6) is -1.53. The van der Waals surface area contributed by atoms with E-state index >= 15 is 0 Å². The van der Waals surface area contributed by atoms with Crippen molar-refractivity contribution in [2.24, 2.45) is 0 Å². The predicted molar refractivity (Wildman–Crippen MR) is 94.2 cm³/mol. The molecular weight excluding hydrogens is 352 g/mol. The lowest BCUT2D eigenvalue weighted by atomic mass is 10.1. The first-order chi connectivity index (χ1) is 11.3. The monoisotopic (exact) mass is 369 g/mol. The fourth-order valence-electron chi connectivity index (χ4n) is 2.42. The van der Waals surface area contributed by atoms with Gasteiger partial charge in [0.15, 0.2) is 0 Å². The van der Waals surface area contributed by atoms with Gasteiger partial charge in [0, 0.05) is 23.1 Å². The largest absolute Gasteiger partial charge is 0.481 e. The molecule has 0 radical (unpaired) electrons. The molecule has 0 bridgehead atoms. The molecule has 0 aliphatic heterocycles. The first kappa shape index (κ1) is 18.7. The zero-order valence-corrected chi connectivity index (χ0v) is 14.7. The fraction of sp³-hybridized carbons (Fsp3) is 0.278. The molecule has 3 nitrogen and oxygen atoms in total. The van der Waals surface area contributed by atoms with Gasteiger partial charge in [-0.2, -0.15) is 0 Å². The van der Waals surface area contributed by atoms with E-state index in [1.54, 1.807) is 18.2 Å². The molecule has 0 spiro atoms. The van der Waals surface area contributed by atoms with Crippen LogP contribution in [0, 0.1) is 5.82 Å². The summed E-state index contributed by atoms with van der Waals surface area (Å²) in [6.45, 7) is 1.31. The lowest BCUT2D eigenvalue weighted by Crippen LogP contribution is -2.21. The number of rotatable bonds is 7. The molecule has 0 atom stereocenters. The Labute approximate surface area is 150 Å². The number of carbonyl (C=O) groups is 1. The maximum atomic E-state index is 13.9. The summed E-state index contributed by atoms with van der Waals surface area (Å²) in [5.41, 5.74) is 2.00. The molecular formula is C18H18Cl2FNO2. The Bertz CT molecular complexity index is 737. The van der Waals surface area contributed by atoms with E-state index in [0.29, 0.717) is 16.6 Å².